The van der Waals surface area contributed by atoms with Crippen LogP contribution in [0.1, 0.15) is 18.4 Å². The molecule has 88 valence electrons. The minimum Gasteiger partial charge on any atom is -0.392 e. The molecule has 1 saturated heterocycles. The van der Waals surface area contributed by atoms with Gasteiger partial charge in [-0.1, -0.05) is 18.2 Å². The zero-order valence-corrected chi connectivity index (χ0v) is 9.82. The molecule has 1 aromatic carbocycles. The first kappa shape index (κ1) is 11.4. The first-order chi connectivity index (χ1) is 7.79. The van der Waals surface area contributed by atoms with Gasteiger partial charge in [0.05, 0.1) is 6.61 Å². The zero-order valence-electron chi connectivity index (χ0n) is 9.82. The molecule has 3 heteroatoms. The second-order valence-corrected chi connectivity index (χ2v) is 4.56. The Hall–Kier alpha value is -1.06. The van der Waals surface area contributed by atoms with Gasteiger partial charge in [-0.3, -0.25) is 0 Å². The van der Waals surface area contributed by atoms with Crippen LogP contribution < -0.4 is 5.32 Å². The number of likely N-dealkylation sites (N-methyl/N-ethyl adjacent to an activating group) is 1. The quantitative estimate of drug-likeness (QED) is 0.813. The first-order valence-corrected chi connectivity index (χ1v) is 5.93. The van der Waals surface area contributed by atoms with E-state index >= 15 is 0 Å². The second kappa shape index (κ2) is 5.32. The van der Waals surface area contributed by atoms with Crippen LogP contribution in [-0.4, -0.2) is 36.2 Å². The number of benzene rings is 1. The van der Waals surface area contributed by atoms with Crippen LogP contribution in [0.4, 0.5) is 5.69 Å². The predicted octanol–water partition coefficient (Wildman–Crippen LogP) is 1.69. The van der Waals surface area contributed by atoms with E-state index in [4.69, 9.17) is 0 Å². The minimum absolute atomic E-state index is 0.103. The van der Waals surface area contributed by atoms with Gasteiger partial charge in [-0.15, -0.1) is 0 Å². The van der Waals surface area contributed by atoms with E-state index in [9.17, 15) is 5.11 Å². The minimum atomic E-state index is 0.103. The Kier molecular flexibility index (Phi) is 3.80. The smallest absolute Gasteiger partial charge is 0.0701 e. The average Bonchev–Trinajstić information content (AvgIpc) is 2.30. The Morgan fingerprint density at radius 3 is 3.00 bits per heavy atom. The van der Waals surface area contributed by atoms with Gasteiger partial charge >= 0.3 is 0 Å². The maximum atomic E-state index is 9.25. The number of para-hydroxylation sites is 1. The Bertz CT molecular complexity index is 340. The summed E-state index contributed by atoms with van der Waals surface area (Å²) in [7, 11) is 2.16. The summed E-state index contributed by atoms with van der Waals surface area (Å²) < 4.78 is 0. The van der Waals surface area contributed by atoms with Crippen molar-refractivity contribution in [3.63, 3.8) is 0 Å². The van der Waals surface area contributed by atoms with E-state index in [-0.39, 0.29) is 6.61 Å². The highest BCUT2D eigenvalue weighted by Gasteiger charge is 2.17. The fraction of sp³-hybridized carbons (Fsp3) is 0.538. The van der Waals surface area contributed by atoms with Crippen LogP contribution >= 0.6 is 0 Å². The summed E-state index contributed by atoms with van der Waals surface area (Å²) in [5.74, 6) is 0. The SMILES string of the molecule is CN1CCCC(Nc2ccccc2CO)C1. The molecule has 0 saturated carbocycles. The molecule has 1 aliphatic heterocycles. The van der Waals surface area contributed by atoms with Gasteiger partial charge in [-0.05, 0) is 32.5 Å². The normalized spacial score (nSPS) is 22.0. The van der Waals surface area contributed by atoms with E-state index < -0.39 is 0 Å². The van der Waals surface area contributed by atoms with Crippen molar-refractivity contribution in [3.05, 3.63) is 29.8 Å². The molecular weight excluding hydrogens is 200 g/mol. The van der Waals surface area contributed by atoms with E-state index in [0.717, 1.165) is 17.8 Å². The molecule has 0 amide bonds. The summed E-state index contributed by atoms with van der Waals surface area (Å²) in [5.41, 5.74) is 2.06. The van der Waals surface area contributed by atoms with Gasteiger partial charge in [0.1, 0.15) is 0 Å². The Labute approximate surface area is 97.1 Å². The highest BCUT2D eigenvalue weighted by Crippen LogP contribution is 2.19. The summed E-state index contributed by atoms with van der Waals surface area (Å²) in [6, 6.07) is 8.48. The number of hydrogen-bond donors (Lipinski definition) is 2. The Balaban J connectivity index is 2.02. The average molecular weight is 220 g/mol. The number of aliphatic hydroxyl groups is 1. The van der Waals surface area contributed by atoms with Gasteiger partial charge in [0, 0.05) is 23.8 Å². The van der Waals surface area contributed by atoms with E-state index in [1.165, 1.54) is 19.4 Å². The number of aliphatic hydroxyl groups excluding tert-OH is 1. The number of rotatable bonds is 3. The fourth-order valence-corrected chi connectivity index (χ4v) is 2.30. The maximum Gasteiger partial charge on any atom is 0.0701 e. The van der Waals surface area contributed by atoms with Crippen molar-refractivity contribution in [2.45, 2.75) is 25.5 Å². The number of hydrogen-bond acceptors (Lipinski definition) is 3. The molecule has 1 heterocycles. The summed E-state index contributed by atoms with van der Waals surface area (Å²) in [4.78, 5) is 2.35. The van der Waals surface area contributed by atoms with Gasteiger partial charge < -0.3 is 15.3 Å². The lowest BCUT2D eigenvalue weighted by molar-refractivity contribution is 0.260. The van der Waals surface area contributed by atoms with Crippen molar-refractivity contribution in [1.82, 2.24) is 4.90 Å². The third kappa shape index (κ3) is 2.74. The molecular formula is C13H20N2O. The van der Waals surface area contributed by atoms with Gasteiger partial charge in [0.25, 0.3) is 0 Å². The number of nitrogens with zero attached hydrogens (tertiary/aromatic N) is 1. The lowest BCUT2D eigenvalue weighted by atomic mass is 10.1. The van der Waals surface area contributed by atoms with Crippen molar-refractivity contribution >= 4 is 5.69 Å². The van der Waals surface area contributed by atoms with Crippen LogP contribution in [0.3, 0.4) is 0 Å². The van der Waals surface area contributed by atoms with E-state index in [1.807, 2.05) is 24.3 Å². The standard InChI is InChI=1S/C13H20N2O/c1-15-8-4-6-12(9-15)14-13-7-3-2-5-11(13)10-16/h2-3,5,7,12,14,16H,4,6,8-10H2,1H3. The van der Waals surface area contributed by atoms with Crippen LogP contribution in [0, 0.1) is 0 Å². The monoisotopic (exact) mass is 220 g/mol. The van der Waals surface area contributed by atoms with Crippen molar-refractivity contribution in [3.8, 4) is 0 Å². The molecule has 1 unspecified atom stereocenters. The summed E-state index contributed by atoms with van der Waals surface area (Å²) in [5, 5.41) is 12.8. The van der Waals surface area contributed by atoms with Crippen molar-refractivity contribution in [1.29, 1.82) is 0 Å². The molecule has 1 aromatic rings. The Morgan fingerprint density at radius 2 is 2.25 bits per heavy atom. The van der Waals surface area contributed by atoms with Gasteiger partial charge in [0.2, 0.25) is 0 Å². The number of nitrogens with one attached hydrogen (secondary N) is 1. The number of likely N-dealkylation sites (tertiary alicyclic amines) is 1. The third-order valence-electron chi connectivity index (χ3n) is 3.17. The third-order valence-corrected chi connectivity index (χ3v) is 3.17. The molecule has 0 bridgehead atoms. The zero-order chi connectivity index (χ0) is 11.4. The summed E-state index contributed by atoms with van der Waals surface area (Å²) in [6.07, 6.45) is 2.46. The lowest BCUT2D eigenvalue weighted by Gasteiger charge is -2.31. The van der Waals surface area contributed by atoms with Crippen molar-refractivity contribution < 1.29 is 5.11 Å². The molecule has 2 rings (SSSR count). The molecule has 0 radical (unpaired) electrons. The van der Waals surface area contributed by atoms with Crippen LogP contribution in [0.15, 0.2) is 24.3 Å². The van der Waals surface area contributed by atoms with Crippen LogP contribution in [0.25, 0.3) is 0 Å². The maximum absolute atomic E-state index is 9.25. The topological polar surface area (TPSA) is 35.5 Å². The highest BCUT2D eigenvalue weighted by atomic mass is 16.3. The summed E-state index contributed by atoms with van der Waals surface area (Å²) in [6.45, 7) is 2.38. The van der Waals surface area contributed by atoms with E-state index in [2.05, 4.69) is 17.3 Å². The van der Waals surface area contributed by atoms with Crippen LogP contribution in [0.2, 0.25) is 0 Å². The second-order valence-electron chi connectivity index (χ2n) is 4.56. The summed E-state index contributed by atoms with van der Waals surface area (Å²) >= 11 is 0. The highest BCUT2D eigenvalue weighted by molar-refractivity contribution is 5.51. The van der Waals surface area contributed by atoms with Gasteiger partial charge in [-0.25, -0.2) is 0 Å². The van der Waals surface area contributed by atoms with Gasteiger partial charge in [-0.2, -0.15) is 0 Å². The molecule has 16 heavy (non-hydrogen) atoms. The predicted molar refractivity (Wildman–Crippen MR) is 66.5 cm³/mol. The van der Waals surface area contributed by atoms with E-state index in [1.54, 1.807) is 0 Å². The van der Waals surface area contributed by atoms with Crippen molar-refractivity contribution in [2.75, 3.05) is 25.5 Å². The molecule has 3 nitrogen and oxygen atoms in total. The van der Waals surface area contributed by atoms with Gasteiger partial charge in [0.15, 0.2) is 0 Å². The molecule has 0 aliphatic carbocycles. The van der Waals surface area contributed by atoms with Crippen molar-refractivity contribution in [2.24, 2.45) is 0 Å². The first-order valence-electron chi connectivity index (χ1n) is 5.93. The largest absolute Gasteiger partial charge is 0.392 e. The fourth-order valence-electron chi connectivity index (χ4n) is 2.30. The number of anilines is 1. The lowest BCUT2D eigenvalue weighted by Crippen LogP contribution is -2.39. The molecule has 1 aliphatic rings. The van der Waals surface area contributed by atoms with Crippen LogP contribution in [0.5, 0.6) is 0 Å². The Morgan fingerprint density at radius 1 is 1.44 bits per heavy atom. The molecule has 0 aromatic heterocycles. The molecule has 1 fully saturated rings. The van der Waals surface area contributed by atoms with Crippen LogP contribution in [-0.2, 0) is 6.61 Å². The molecule has 2 N–H and O–H groups in total. The molecule has 1 atom stereocenters. The molecule has 0 spiro atoms. The van der Waals surface area contributed by atoms with E-state index in [0.29, 0.717) is 6.04 Å². The number of piperidine rings is 1.